The van der Waals surface area contributed by atoms with Crippen LogP contribution in [-0.4, -0.2) is 16.1 Å². The van der Waals surface area contributed by atoms with Crippen LogP contribution in [0.3, 0.4) is 0 Å². The van der Waals surface area contributed by atoms with Crippen LogP contribution < -0.4 is 16.4 Å². The highest BCUT2D eigenvalue weighted by molar-refractivity contribution is 6.04. The van der Waals surface area contributed by atoms with Gasteiger partial charge in [-0.1, -0.05) is 13.0 Å². The first-order valence-electron chi connectivity index (χ1n) is 6.39. The Morgan fingerprint density at radius 2 is 2.00 bits per heavy atom. The van der Waals surface area contributed by atoms with Crippen LogP contribution in [0.1, 0.15) is 20.3 Å². The number of nitriles is 1. The number of rotatable bonds is 3. The maximum Gasteiger partial charge on any atom is 0.272 e. The molecule has 0 aliphatic heterocycles. The Balaban J connectivity index is 2.58. The number of amides is 1. The molecule has 2 aromatic rings. The van der Waals surface area contributed by atoms with Crippen LogP contribution in [0.4, 0.5) is 5.69 Å². The molecule has 3 N–H and O–H groups in total. The minimum absolute atomic E-state index is 0.0889. The van der Waals surface area contributed by atoms with Crippen molar-refractivity contribution in [3.05, 3.63) is 38.9 Å². The third-order valence-electron chi connectivity index (χ3n) is 3.53. The predicted octanol–water partition coefficient (Wildman–Crippen LogP) is 1.09. The van der Waals surface area contributed by atoms with Crippen molar-refractivity contribution in [2.45, 2.75) is 20.3 Å². The number of fused-ring (bicyclic) bond motifs is 1. The summed E-state index contributed by atoms with van der Waals surface area (Å²) >= 11 is 0. The first-order chi connectivity index (χ1) is 9.92. The Morgan fingerprint density at radius 1 is 1.33 bits per heavy atom. The zero-order valence-corrected chi connectivity index (χ0v) is 11.6. The second-order valence-corrected chi connectivity index (χ2v) is 4.89. The number of H-pyrrole nitrogens is 2. The van der Waals surface area contributed by atoms with Crippen molar-refractivity contribution in [1.29, 1.82) is 5.26 Å². The molecule has 1 amide bonds. The first-order valence-corrected chi connectivity index (χ1v) is 6.39. The van der Waals surface area contributed by atoms with Crippen LogP contribution in [0, 0.1) is 16.7 Å². The molecule has 0 aliphatic rings. The molecule has 0 aliphatic carbocycles. The molecule has 7 heteroatoms. The number of benzene rings is 1. The average Bonchev–Trinajstić information content (AvgIpc) is 2.50. The molecule has 1 aromatic heterocycles. The second-order valence-electron chi connectivity index (χ2n) is 4.89. The molecule has 0 saturated heterocycles. The van der Waals surface area contributed by atoms with Crippen LogP contribution in [0.5, 0.6) is 0 Å². The van der Waals surface area contributed by atoms with Gasteiger partial charge in [0.1, 0.15) is 5.41 Å². The molecular formula is C14H14N4O3. The Morgan fingerprint density at radius 3 is 2.62 bits per heavy atom. The molecule has 21 heavy (non-hydrogen) atoms. The third-order valence-corrected chi connectivity index (χ3v) is 3.53. The third kappa shape index (κ3) is 2.43. The van der Waals surface area contributed by atoms with E-state index in [1.165, 1.54) is 19.1 Å². The molecule has 0 bridgehead atoms. The number of hydrogen-bond acceptors (Lipinski definition) is 4. The fraction of sp³-hybridized carbons (Fsp3) is 0.286. The average molecular weight is 286 g/mol. The number of carbonyl (C=O) groups is 1. The van der Waals surface area contributed by atoms with Gasteiger partial charge in [0.05, 0.1) is 22.5 Å². The molecule has 0 spiro atoms. The van der Waals surface area contributed by atoms with E-state index in [1.54, 1.807) is 13.0 Å². The van der Waals surface area contributed by atoms with Crippen LogP contribution in [0.2, 0.25) is 0 Å². The summed E-state index contributed by atoms with van der Waals surface area (Å²) < 4.78 is 0. The van der Waals surface area contributed by atoms with Crippen LogP contribution in [0.25, 0.3) is 10.8 Å². The largest absolute Gasteiger partial charge is 0.324 e. The number of aromatic nitrogens is 2. The van der Waals surface area contributed by atoms with Gasteiger partial charge in [-0.3, -0.25) is 24.6 Å². The number of nitrogens with one attached hydrogen (secondary N) is 3. The highest BCUT2D eigenvalue weighted by Crippen LogP contribution is 2.24. The van der Waals surface area contributed by atoms with Crippen molar-refractivity contribution >= 4 is 22.4 Å². The first kappa shape index (κ1) is 14.5. The van der Waals surface area contributed by atoms with Gasteiger partial charge in [0.15, 0.2) is 0 Å². The predicted molar refractivity (Wildman–Crippen MR) is 77.8 cm³/mol. The molecule has 1 atom stereocenters. The van der Waals surface area contributed by atoms with Crippen molar-refractivity contribution in [3.63, 3.8) is 0 Å². The summed E-state index contributed by atoms with van der Waals surface area (Å²) in [5.74, 6) is -0.514. The van der Waals surface area contributed by atoms with Gasteiger partial charge in [-0.25, -0.2) is 0 Å². The summed E-state index contributed by atoms with van der Waals surface area (Å²) in [7, 11) is 0. The Kier molecular flexibility index (Phi) is 3.63. The minimum atomic E-state index is -1.20. The second kappa shape index (κ2) is 5.25. The fourth-order valence-electron chi connectivity index (χ4n) is 1.88. The molecule has 1 aromatic carbocycles. The maximum atomic E-state index is 12.2. The van der Waals surface area contributed by atoms with Gasteiger partial charge in [0, 0.05) is 0 Å². The number of aromatic amines is 2. The molecule has 2 rings (SSSR count). The molecule has 0 fully saturated rings. The highest BCUT2D eigenvalue weighted by atomic mass is 16.2. The monoisotopic (exact) mass is 286 g/mol. The Bertz CT molecular complexity index is 859. The lowest BCUT2D eigenvalue weighted by Gasteiger charge is -2.19. The van der Waals surface area contributed by atoms with E-state index in [-0.39, 0.29) is 16.5 Å². The maximum absolute atomic E-state index is 12.2. The summed E-state index contributed by atoms with van der Waals surface area (Å²) in [6.07, 6.45) is 0.330. The zero-order valence-electron chi connectivity index (χ0n) is 11.6. The summed E-state index contributed by atoms with van der Waals surface area (Å²) in [6.45, 7) is 3.24. The normalized spacial score (nSPS) is 13.4. The minimum Gasteiger partial charge on any atom is -0.324 e. The molecule has 7 nitrogen and oxygen atoms in total. The SMILES string of the molecule is CCC(C)(C#N)C(=O)Nc1cccc2c(=O)[nH][nH]c(=O)c12. The molecule has 0 radical (unpaired) electrons. The number of anilines is 1. The van der Waals surface area contributed by atoms with Crippen molar-refractivity contribution < 1.29 is 4.79 Å². The topological polar surface area (TPSA) is 119 Å². The van der Waals surface area contributed by atoms with Gasteiger partial charge in [-0.2, -0.15) is 5.26 Å². The van der Waals surface area contributed by atoms with Gasteiger partial charge < -0.3 is 5.32 Å². The molecular weight excluding hydrogens is 272 g/mol. The number of nitrogens with zero attached hydrogens (tertiary/aromatic N) is 1. The molecule has 0 saturated carbocycles. The quantitative estimate of drug-likeness (QED) is 0.782. The Hall–Kier alpha value is -2.88. The van der Waals surface area contributed by atoms with E-state index in [4.69, 9.17) is 5.26 Å². The van der Waals surface area contributed by atoms with E-state index < -0.39 is 22.4 Å². The van der Waals surface area contributed by atoms with Crippen LogP contribution in [-0.2, 0) is 4.79 Å². The fourth-order valence-corrected chi connectivity index (χ4v) is 1.88. The van der Waals surface area contributed by atoms with Crippen LogP contribution in [0.15, 0.2) is 27.8 Å². The van der Waals surface area contributed by atoms with E-state index in [0.717, 1.165) is 0 Å². The molecule has 108 valence electrons. The van der Waals surface area contributed by atoms with Crippen LogP contribution >= 0.6 is 0 Å². The Labute approximate surface area is 119 Å². The van der Waals surface area contributed by atoms with Crippen molar-refractivity contribution in [1.82, 2.24) is 10.2 Å². The molecule has 1 unspecified atom stereocenters. The van der Waals surface area contributed by atoms with E-state index in [2.05, 4.69) is 15.5 Å². The lowest BCUT2D eigenvalue weighted by molar-refractivity contribution is -0.122. The highest BCUT2D eigenvalue weighted by Gasteiger charge is 2.31. The van der Waals surface area contributed by atoms with E-state index in [9.17, 15) is 14.4 Å². The lowest BCUT2D eigenvalue weighted by Crippen LogP contribution is -2.32. The van der Waals surface area contributed by atoms with Gasteiger partial charge >= 0.3 is 0 Å². The smallest absolute Gasteiger partial charge is 0.272 e. The number of hydrogen-bond donors (Lipinski definition) is 3. The van der Waals surface area contributed by atoms with Gasteiger partial charge in [0.25, 0.3) is 11.1 Å². The van der Waals surface area contributed by atoms with Gasteiger partial charge in [0.2, 0.25) is 5.91 Å². The zero-order chi connectivity index (χ0) is 15.6. The van der Waals surface area contributed by atoms with E-state index >= 15 is 0 Å². The summed E-state index contributed by atoms with van der Waals surface area (Å²) in [4.78, 5) is 35.8. The number of carbonyl (C=O) groups excluding carboxylic acids is 1. The van der Waals surface area contributed by atoms with Gasteiger partial charge in [-0.15, -0.1) is 0 Å². The summed E-state index contributed by atoms with van der Waals surface area (Å²) in [5, 5.41) is 16.4. The summed E-state index contributed by atoms with van der Waals surface area (Å²) in [5.41, 5.74) is -1.97. The van der Waals surface area contributed by atoms with Crippen molar-refractivity contribution in [2.24, 2.45) is 5.41 Å². The van der Waals surface area contributed by atoms with Crippen molar-refractivity contribution in [2.75, 3.05) is 5.32 Å². The van der Waals surface area contributed by atoms with E-state index in [1.807, 2.05) is 6.07 Å². The van der Waals surface area contributed by atoms with E-state index in [0.29, 0.717) is 6.42 Å². The molecule has 1 heterocycles. The van der Waals surface area contributed by atoms with Crippen molar-refractivity contribution in [3.8, 4) is 6.07 Å². The van der Waals surface area contributed by atoms with Gasteiger partial charge in [-0.05, 0) is 25.5 Å². The standard InChI is InChI=1S/C14H14N4O3/c1-3-14(2,7-15)13(21)16-9-6-4-5-8-10(9)12(20)18-17-11(8)19/h4-6H,3H2,1-2H3,(H,16,21)(H,17,19)(H,18,20). The lowest BCUT2D eigenvalue weighted by atomic mass is 9.88. The summed E-state index contributed by atoms with van der Waals surface area (Å²) in [6, 6.07) is 6.52.